The molecule has 1 atom stereocenters. The van der Waals surface area contributed by atoms with Gasteiger partial charge in [0.25, 0.3) is 5.91 Å². The molecule has 1 unspecified atom stereocenters. The van der Waals surface area contributed by atoms with Crippen molar-refractivity contribution in [2.45, 2.75) is 13.0 Å². The molecule has 0 fully saturated rings. The van der Waals surface area contributed by atoms with E-state index in [1.165, 1.54) is 0 Å². The molecule has 0 bridgehead atoms. The fourth-order valence-corrected chi connectivity index (χ4v) is 3.09. The molecule has 22 heavy (non-hydrogen) atoms. The maximum absolute atomic E-state index is 12.0. The molecule has 4 heteroatoms. The van der Waals surface area contributed by atoms with Crippen LogP contribution in [0.5, 0.6) is 5.75 Å². The van der Waals surface area contributed by atoms with Crippen LogP contribution in [0.3, 0.4) is 0 Å². The van der Waals surface area contributed by atoms with Gasteiger partial charge in [-0.2, -0.15) is 0 Å². The van der Waals surface area contributed by atoms with E-state index in [0.717, 1.165) is 21.4 Å². The third-order valence-corrected chi connectivity index (χ3v) is 4.51. The third kappa shape index (κ3) is 3.28. The Hall–Kier alpha value is -2.33. The van der Waals surface area contributed by atoms with Gasteiger partial charge in [-0.05, 0) is 29.8 Å². The topological polar surface area (TPSA) is 38.3 Å². The largest absolute Gasteiger partial charge is 0.483 e. The van der Waals surface area contributed by atoms with Gasteiger partial charge in [0.1, 0.15) is 5.75 Å². The van der Waals surface area contributed by atoms with Crippen molar-refractivity contribution in [3.05, 3.63) is 64.9 Å². The second-order valence-electron chi connectivity index (χ2n) is 5.07. The lowest BCUT2D eigenvalue weighted by molar-refractivity contribution is -0.123. The van der Waals surface area contributed by atoms with E-state index >= 15 is 0 Å². The van der Waals surface area contributed by atoms with Crippen molar-refractivity contribution < 1.29 is 9.53 Å². The molecule has 0 spiro atoms. The summed E-state index contributed by atoms with van der Waals surface area (Å²) in [6.07, 6.45) is 0. The van der Waals surface area contributed by atoms with Crippen molar-refractivity contribution in [2.75, 3.05) is 6.61 Å². The Labute approximate surface area is 133 Å². The maximum atomic E-state index is 12.0. The van der Waals surface area contributed by atoms with Crippen LogP contribution in [0.1, 0.15) is 17.8 Å². The average molecular weight is 311 g/mol. The van der Waals surface area contributed by atoms with Gasteiger partial charge in [0.05, 0.1) is 6.04 Å². The zero-order valence-electron chi connectivity index (χ0n) is 12.3. The van der Waals surface area contributed by atoms with E-state index in [2.05, 4.69) is 5.32 Å². The molecule has 2 aromatic carbocycles. The van der Waals surface area contributed by atoms with E-state index in [9.17, 15) is 4.79 Å². The number of hydrogen-bond acceptors (Lipinski definition) is 3. The number of carbonyl (C=O) groups is 1. The standard InChI is InChI=1S/C18H17NO2S/c1-13(17-10-5-11-22-17)19-18(20)12-21-16-9-4-7-14-6-2-3-8-15(14)16/h2-11,13H,12H2,1H3,(H,19,20). The molecular formula is C18H17NO2S. The normalized spacial score (nSPS) is 12.0. The van der Waals surface area contributed by atoms with Crippen LogP contribution in [-0.4, -0.2) is 12.5 Å². The number of amides is 1. The molecule has 0 aliphatic carbocycles. The van der Waals surface area contributed by atoms with Gasteiger partial charge in [0.2, 0.25) is 0 Å². The first kappa shape index (κ1) is 14.6. The van der Waals surface area contributed by atoms with E-state index < -0.39 is 0 Å². The summed E-state index contributed by atoms with van der Waals surface area (Å²) in [6, 6.07) is 17.8. The number of ether oxygens (including phenoxy) is 1. The van der Waals surface area contributed by atoms with Crippen molar-refractivity contribution in [1.29, 1.82) is 0 Å². The number of hydrogen-bond donors (Lipinski definition) is 1. The van der Waals surface area contributed by atoms with Crippen LogP contribution in [0.4, 0.5) is 0 Å². The van der Waals surface area contributed by atoms with Crippen molar-refractivity contribution in [3.8, 4) is 5.75 Å². The van der Waals surface area contributed by atoms with Crippen LogP contribution in [0, 0.1) is 0 Å². The highest BCUT2D eigenvalue weighted by Crippen LogP contribution is 2.25. The van der Waals surface area contributed by atoms with Gasteiger partial charge in [-0.1, -0.05) is 42.5 Å². The second-order valence-corrected chi connectivity index (χ2v) is 6.05. The number of nitrogens with one attached hydrogen (secondary N) is 1. The quantitative estimate of drug-likeness (QED) is 0.768. The third-order valence-electron chi connectivity index (χ3n) is 3.46. The minimum Gasteiger partial charge on any atom is -0.483 e. The van der Waals surface area contributed by atoms with Gasteiger partial charge in [-0.15, -0.1) is 11.3 Å². The molecule has 112 valence electrons. The summed E-state index contributed by atoms with van der Waals surface area (Å²) in [5.74, 6) is 0.617. The van der Waals surface area contributed by atoms with E-state index in [1.807, 2.05) is 66.9 Å². The highest BCUT2D eigenvalue weighted by Gasteiger charge is 2.11. The number of rotatable bonds is 5. The predicted molar refractivity (Wildman–Crippen MR) is 90.3 cm³/mol. The monoisotopic (exact) mass is 311 g/mol. The summed E-state index contributed by atoms with van der Waals surface area (Å²) >= 11 is 1.63. The molecule has 0 aliphatic heterocycles. The first-order valence-corrected chi connectivity index (χ1v) is 8.05. The second kappa shape index (κ2) is 6.62. The van der Waals surface area contributed by atoms with Crippen LogP contribution >= 0.6 is 11.3 Å². The van der Waals surface area contributed by atoms with E-state index in [-0.39, 0.29) is 18.6 Å². The molecule has 0 aliphatic rings. The summed E-state index contributed by atoms with van der Waals surface area (Å²) in [6.45, 7) is 1.99. The van der Waals surface area contributed by atoms with E-state index in [0.29, 0.717) is 0 Å². The minimum absolute atomic E-state index is 0.00335. The molecule has 1 N–H and O–H groups in total. The lowest BCUT2D eigenvalue weighted by atomic mass is 10.1. The average Bonchev–Trinajstić information content (AvgIpc) is 3.07. The summed E-state index contributed by atoms with van der Waals surface area (Å²) < 4.78 is 5.69. The van der Waals surface area contributed by atoms with Gasteiger partial charge < -0.3 is 10.1 Å². The lowest BCUT2D eigenvalue weighted by Crippen LogP contribution is -2.30. The van der Waals surface area contributed by atoms with Crippen LogP contribution in [0.2, 0.25) is 0 Å². The number of carbonyl (C=O) groups excluding carboxylic acids is 1. The lowest BCUT2D eigenvalue weighted by Gasteiger charge is -2.13. The molecule has 3 rings (SSSR count). The number of fused-ring (bicyclic) bond motifs is 1. The fourth-order valence-electron chi connectivity index (χ4n) is 2.36. The minimum atomic E-state index is -0.117. The molecule has 0 saturated heterocycles. The number of benzene rings is 2. The Morgan fingerprint density at radius 1 is 1.14 bits per heavy atom. The summed E-state index contributed by atoms with van der Waals surface area (Å²) in [5.41, 5.74) is 0. The first-order chi connectivity index (χ1) is 10.7. The van der Waals surface area contributed by atoms with E-state index in [4.69, 9.17) is 4.74 Å². The molecule has 1 heterocycles. The van der Waals surface area contributed by atoms with Crippen LogP contribution in [0.25, 0.3) is 10.8 Å². The first-order valence-electron chi connectivity index (χ1n) is 7.17. The SMILES string of the molecule is CC(NC(=O)COc1cccc2ccccc12)c1cccs1. The van der Waals surface area contributed by atoms with Crippen molar-refractivity contribution in [3.63, 3.8) is 0 Å². The number of thiophene rings is 1. The van der Waals surface area contributed by atoms with E-state index in [1.54, 1.807) is 11.3 Å². The summed E-state index contributed by atoms with van der Waals surface area (Å²) in [7, 11) is 0. The van der Waals surface area contributed by atoms with Gasteiger partial charge in [-0.25, -0.2) is 0 Å². The van der Waals surface area contributed by atoms with Crippen LogP contribution in [-0.2, 0) is 4.79 Å². The van der Waals surface area contributed by atoms with Gasteiger partial charge >= 0.3 is 0 Å². The maximum Gasteiger partial charge on any atom is 0.258 e. The zero-order chi connectivity index (χ0) is 15.4. The van der Waals surface area contributed by atoms with Crippen molar-refractivity contribution in [2.24, 2.45) is 0 Å². The van der Waals surface area contributed by atoms with Crippen molar-refractivity contribution in [1.82, 2.24) is 5.32 Å². The Morgan fingerprint density at radius 3 is 2.77 bits per heavy atom. The Bertz CT molecular complexity index is 762. The zero-order valence-corrected chi connectivity index (χ0v) is 13.1. The summed E-state index contributed by atoms with van der Waals surface area (Å²) in [5, 5.41) is 7.07. The Morgan fingerprint density at radius 2 is 1.95 bits per heavy atom. The van der Waals surface area contributed by atoms with Gasteiger partial charge in [0, 0.05) is 10.3 Å². The van der Waals surface area contributed by atoms with Crippen LogP contribution < -0.4 is 10.1 Å². The predicted octanol–water partition coefficient (Wildman–Crippen LogP) is 4.16. The highest BCUT2D eigenvalue weighted by atomic mass is 32.1. The molecular weight excluding hydrogens is 294 g/mol. The molecule has 3 nitrogen and oxygen atoms in total. The molecule has 0 saturated carbocycles. The van der Waals surface area contributed by atoms with Crippen LogP contribution in [0.15, 0.2) is 60.0 Å². The molecule has 3 aromatic rings. The molecule has 1 aromatic heterocycles. The highest BCUT2D eigenvalue weighted by molar-refractivity contribution is 7.10. The Kier molecular flexibility index (Phi) is 4.39. The van der Waals surface area contributed by atoms with Gasteiger partial charge in [-0.3, -0.25) is 4.79 Å². The fraction of sp³-hybridized carbons (Fsp3) is 0.167. The smallest absolute Gasteiger partial charge is 0.258 e. The summed E-state index contributed by atoms with van der Waals surface area (Å²) in [4.78, 5) is 13.2. The van der Waals surface area contributed by atoms with Gasteiger partial charge in [0.15, 0.2) is 6.61 Å². The molecule has 0 radical (unpaired) electrons. The van der Waals surface area contributed by atoms with Crippen molar-refractivity contribution >= 4 is 28.0 Å². The molecule has 1 amide bonds. The Balaban J connectivity index is 1.63.